The summed E-state index contributed by atoms with van der Waals surface area (Å²) in [6.07, 6.45) is 3.43. The van der Waals surface area contributed by atoms with E-state index in [2.05, 4.69) is 25.2 Å². The molecule has 0 spiro atoms. The van der Waals surface area contributed by atoms with Crippen molar-refractivity contribution >= 4 is 25.1 Å². The van der Waals surface area contributed by atoms with Crippen LogP contribution in [-0.2, 0) is 0 Å². The minimum absolute atomic E-state index is 0.293. The summed E-state index contributed by atoms with van der Waals surface area (Å²) in [5.74, 6) is 1.45. The van der Waals surface area contributed by atoms with E-state index in [1.54, 1.807) is 6.20 Å². The molecule has 24 heavy (non-hydrogen) atoms. The van der Waals surface area contributed by atoms with Crippen molar-refractivity contribution in [2.45, 2.75) is 12.8 Å². The second-order valence-electron chi connectivity index (χ2n) is 5.74. The third kappa shape index (κ3) is 3.64. The Bertz CT molecular complexity index is 760. The summed E-state index contributed by atoms with van der Waals surface area (Å²) in [5, 5.41) is 10.0. The molecule has 3 heterocycles. The molecule has 2 aromatic heterocycles. The van der Waals surface area contributed by atoms with E-state index in [1.165, 1.54) is 7.11 Å². The second kappa shape index (κ2) is 7.40. The Morgan fingerprint density at radius 2 is 2.21 bits per heavy atom. The maximum Gasteiger partial charge on any atom is 0.277 e. The minimum atomic E-state index is -2.04. The largest absolute Gasteiger partial charge is 0.480 e. The van der Waals surface area contributed by atoms with Gasteiger partial charge in [-0.3, -0.25) is 9.88 Å². The lowest BCUT2D eigenvalue weighted by molar-refractivity contribution is 0.383. The van der Waals surface area contributed by atoms with E-state index in [4.69, 9.17) is 14.5 Å². The zero-order chi connectivity index (χ0) is 17.1. The molecule has 2 aromatic rings. The summed E-state index contributed by atoms with van der Waals surface area (Å²) in [6.45, 7) is 2.21. The smallest absolute Gasteiger partial charge is 0.277 e. The first-order valence-electron chi connectivity index (χ1n) is 7.67. The number of aromatic amines is 1. The van der Waals surface area contributed by atoms with Crippen LogP contribution in [0.1, 0.15) is 12.8 Å². The van der Waals surface area contributed by atoms with Gasteiger partial charge in [-0.15, -0.1) is 0 Å². The Morgan fingerprint density at radius 1 is 1.46 bits per heavy atom. The van der Waals surface area contributed by atoms with Crippen LogP contribution in [0.4, 0.5) is 5.82 Å². The molecule has 1 aliphatic heterocycles. The summed E-state index contributed by atoms with van der Waals surface area (Å²) >= 11 is 0. The Balaban J connectivity index is 1.78. The van der Waals surface area contributed by atoms with Crippen molar-refractivity contribution < 1.29 is 14.5 Å². The highest BCUT2D eigenvalue weighted by Gasteiger charge is 2.22. The van der Waals surface area contributed by atoms with Gasteiger partial charge in [0.2, 0.25) is 14.4 Å². The number of hydrogen-bond acceptors (Lipinski definition) is 8. The van der Waals surface area contributed by atoms with Gasteiger partial charge >= 0.3 is 0 Å². The quantitative estimate of drug-likeness (QED) is 0.568. The monoisotopic (exact) mass is 353 g/mol. The zero-order valence-electron chi connectivity index (χ0n) is 13.3. The van der Waals surface area contributed by atoms with Crippen LogP contribution in [0, 0.1) is 5.92 Å². The minimum Gasteiger partial charge on any atom is -0.480 e. The molecule has 10 heteroatoms. The molecule has 1 aliphatic rings. The molecule has 0 amide bonds. The highest BCUT2D eigenvalue weighted by molar-refractivity contribution is 7.42. The van der Waals surface area contributed by atoms with Crippen molar-refractivity contribution in [3.63, 3.8) is 0 Å². The van der Waals surface area contributed by atoms with Crippen LogP contribution in [0.15, 0.2) is 17.1 Å². The first kappa shape index (κ1) is 17.0. The number of methoxy groups -OCH3 is 1. The van der Waals surface area contributed by atoms with Crippen LogP contribution in [0.2, 0.25) is 0 Å². The number of hydrogen-bond donors (Lipinski definition) is 4. The van der Waals surface area contributed by atoms with E-state index in [9.17, 15) is 4.79 Å². The summed E-state index contributed by atoms with van der Waals surface area (Å²) in [5.41, 5.74) is -0.322. The number of nitrogens with zero attached hydrogens (tertiary/aromatic N) is 3. The molecule has 1 saturated heterocycles. The number of piperidine rings is 1. The van der Waals surface area contributed by atoms with Crippen molar-refractivity contribution in [3.8, 4) is 5.88 Å². The van der Waals surface area contributed by atoms with Crippen LogP contribution in [0.25, 0.3) is 10.8 Å². The second-order valence-corrected chi connectivity index (χ2v) is 6.63. The summed E-state index contributed by atoms with van der Waals surface area (Å²) in [7, 11) is -0.550. The highest BCUT2D eigenvalue weighted by Crippen LogP contribution is 2.28. The van der Waals surface area contributed by atoms with Gasteiger partial charge in [-0.05, 0) is 24.8 Å². The topological polar surface area (TPSA) is 124 Å². The van der Waals surface area contributed by atoms with Gasteiger partial charge < -0.3 is 19.4 Å². The maximum absolute atomic E-state index is 11.9. The lowest BCUT2D eigenvalue weighted by Gasteiger charge is -2.33. The number of ether oxygens (including phenoxy) is 1. The molecule has 0 radical (unpaired) electrons. The number of fused-ring (bicyclic) bond motifs is 1. The van der Waals surface area contributed by atoms with Crippen molar-refractivity contribution in [1.82, 2.24) is 20.3 Å². The molecule has 3 rings (SSSR count). The lowest BCUT2D eigenvalue weighted by atomic mass is 9.97. The molecular weight excluding hydrogens is 333 g/mol. The summed E-state index contributed by atoms with van der Waals surface area (Å²) in [4.78, 5) is 36.4. The van der Waals surface area contributed by atoms with Crippen LogP contribution in [0.3, 0.4) is 0 Å². The third-order valence-electron chi connectivity index (χ3n) is 4.25. The van der Waals surface area contributed by atoms with E-state index >= 15 is 0 Å². The van der Waals surface area contributed by atoms with E-state index in [1.807, 2.05) is 6.07 Å². The van der Waals surface area contributed by atoms with Crippen molar-refractivity contribution in [2.75, 3.05) is 31.6 Å². The van der Waals surface area contributed by atoms with Gasteiger partial charge in [-0.1, -0.05) is 0 Å². The SMILES string of the molecule is COc1nc(N2CCC(CNP(O)O)CC2)cc2cn[nH]c(=O)c12. The summed E-state index contributed by atoms with van der Waals surface area (Å²) < 4.78 is 5.28. The normalized spacial score (nSPS) is 16.1. The number of nitrogens with one attached hydrogen (secondary N) is 2. The fourth-order valence-electron chi connectivity index (χ4n) is 2.96. The molecule has 0 unspecified atom stereocenters. The average molecular weight is 353 g/mol. The van der Waals surface area contributed by atoms with Gasteiger partial charge in [0.05, 0.1) is 13.3 Å². The van der Waals surface area contributed by atoms with Crippen LogP contribution in [0.5, 0.6) is 5.88 Å². The Morgan fingerprint density at radius 3 is 2.88 bits per heavy atom. The number of anilines is 1. The van der Waals surface area contributed by atoms with Crippen molar-refractivity contribution in [2.24, 2.45) is 5.92 Å². The van der Waals surface area contributed by atoms with E-state index < -0.39 is 8.53 Å². The van der Waals surface area contributed by atoms with Gasteiger partial charge in [0.1, 0.15) is 11.2 Å². The Kier molecular flexibility index (Phi) is 5.25. The van der Waals surface area contributed by atoms with E-state index in [0.717, 1.165) is 31.7 Å². The average Bonchev–Trinajstić information content (AvgIpc) is 2.59. The molecule has 0 atom stereocenters. The Labute approximate surface area is 139 Å². The molecule has 130 valence electrons. The molecule has 0 saturated carbocycles. The predicted molar refractivity (Wildman–Crippen MR) is 91.0 cm³/mol. The summed E-state index contributed by atoms with van der Waals surface area (Å²) in [6, 6.07) is 1.85. The molecular formula is C14H20N5O4P. The maximum atomic E-state index is 11.9. The van der Waals surface area contributed by atoms with Crippen LogP contribution in [-0.4, -0.2) is 51.7 Å². The zero-order valence-corrected chi connectivity index (χ0v) is 14.2. The third-order valence-corrected chi connectivity index (χ3v) is 4.72. The van der Waals surface area contributed by atoms with E-state index in [-0.39, 0.29) is 5.56 Å². The van der Waals surface area contributed by atoms with Gasteiger partial charge in [0.15, 0.2) is 0 Å². The number of pyridine rings is 1. The molecule has 0 bridgehead atoms. The number of aromatic nitrogens is 3. The highest BCUT2D eigenvalue weighted by atomic mass is 31.2. The molecule has 4 N–H and O–H groups in total. The first-order valence-corrected chi connectivity index (χ1v) is 8.92. The van der Waals surface area contributed by atoms with Crippen LogP contribution < -0.4 is 20.3 Å². The molecule has 9 nitrogen and oxygen atoms in total. The van der Waals surface area contributed by atoms with Crippen molar-refractivity contribution in [1.29, 1.82) is 0 Å². The van der Waals surface area contributed by atoms with Gasteiger partial charge in [0, 0.05) is 25.0 Å². The number of rotatable bonds is 5. The first-order chi connectivity index (χ1) is 11.6. The van der Waals surface area contributed by atoms with E-state index in [0.29, 0.717) is 29.1 Å². The van der Waals surface area contributed by atoms with Crippen molar-refractivity contribution in [3.05, 3.63) is 22.6 Å². The molecule has 1 fully saturated rings. The molecule has 0 aromatic carbocycles. The number of H-pyrrole nitrogens is 1. The van der Waals surface area contributed by atoms with Gasteiger partial charge in [-0.25, -0.2) is 5.10 Å². The van der Waals surface area contributed by atoms with Gasteiger partial charge in [-0.2, -0.15) is 10.1 Å². The Hall–Kier alpha value is -1.80. The fourth-order valence-corrected chi connectivity index (χ4v) is 3.38. The van der Waals surface area contributed by atoms with Crippen LogP contribution >= 0.6 is 8.53 Å². The fraction of sp³-hybridized carbons (Fsp3) is 0.500. The molecule has 0 aliphatic carbocycles. The van der Waals surface area contributed by atoms with Gasteiger partial charge in [0.25, 0.3) is 5.56 Å². The lowest BCUT2D eigenvalue weighted by Crippen LogP contribution is -2.37. The standard InChI is InChI=1S/C14H20N5O4P/c1-23-14-12-10(8-15-18-13(12)20)6-11(17-14)19-4-2-9(3-5-19)7-16-24(21)22/h6,8-9,16,21-22H,2-5,7H2,1H3,(H,18,20). The predicted octanol–water partition coefficient (Wildman–Crippen LogP) is 0.344.